The van der Waals surface area contributed by atoms with Gasteiger partial charge in [-0.2, -0.15) is 5.26 Å². The van der Waals surface area contributed by atoms with E-state index in [2.05, 4.69) is 16.7 Å². The highest BCUT2D eigenvalue weighted by atomic mass is 16.3. The van der Waals surface area contributed by atoms with E-state index in [0.29, 0.717) is 0 Å². The maximum atomic E-state index is 12.2. The average molecular weight is 295 g/mol. The first-order chi connectivity index (χ1) is 10.1. The maximum Gasteiger partial charge on any atom is 0.235 e. The average Bonchev–Trinajstić information content (AvgIpc) is 2.75. The molecule has 0 spiro atoms. The monoisotopic (exact) mass is 295 g/mol. The number of hydrogen-bond donors (Lipinski definition) is 3. The first kappa shape index (κ1) is 17.9. The highest BCUT2D eigenvalue weighted by Crippen LogP contribution is 2.26. The summed E-state index contributed by atoms with van der Waals surface area (Å²) in [6.07, 6.45) is 7.25. The number of amides is 1. The number of nitriles is 1. The molecule has 21 heavy (non-hydrogen) atoms. The van der Waals surface area contributed by atoms with Crippen molar-refractivity contribution in [3.05, 3.63) is 0 Å². The van der Waals surface area contributed by atoms with Crippen LogP contribution in [0.5, 0.6) is 0 Å². The Morgan fingerprint density at radius 1 is 1.24 bits per heavy atom. The van der Waals surface area contributed by atoms with Crippen molar-refractivity contribution in [3.63, 3.8) is 0 Å². The standard InChI is InChI=1S/C16H29N3O2/c1-3-15(4-2,13-20)18-11-14(21)19-16(12-17)9-7-5-6-8-10-16/h18,20H,3-11,13H2,1-2H3,(H,19,21). The molecule has 1 aliphatic carbocycles. The number of nitrogens with one attached hydrogen (secondary N) is 2. The third kappa shape index (κ3) is 4.98. The second-order valence-corrected chi connectivity index (χ2v) is 6.16. The van der Waals surface area contributed by atoms with Crippen molar-refractivity contribution in [1.29, 1.82) is 5.26 Å². The lowest BCUT2D eigenvalue weighted by Crippen LogP contribution is -2.55. The first-order valence-electron chi connectivity index (χ1n) is 8.13. The minimum Gasteiger partial charge on any atom is -0.394 e. The van der Waals surface area contributed by atoms with Crippen molar-refractivity contribution in [3.8, 4) is 6.07 Å². The normalized spacial score (nSPS) is 18.6. The largest absolute Gasteiger partial charge is 0.394 e. The fourth-order valence-corrected chi connectivity index (χ4v) is 2.96. The van der Waals surface area contributed by atoms with Gasteiger partial charge in [0.2, 0.25) is 5.91 Å². The molecular weight excluding hydrogens is 266 g/mol. The third-order valence-electron chi connectivity index (χ3n) is 4.83. The van der Waals surface area contributed by atoms with Gasteiger partial charge in [-0.15, -0.1) is 0 Å². The van der Waals surface area contributed by atoms with Crippen LogP contribution < -0.4 is 10.6 Å². The van der Waals surface area contributed by atoms with E-state index < -0.39 is 11.1 Å². The van der Waals surface area contributed by atoms with Gasteiger partial charge < -0.3 is 15.7 Å². The number of aliphatic hydroxyl groups is 1. The molecule has 0 saturated heterocycles. The van der Waals surface area contributed by atoms with Gasteiger partial charge in [0.15, 0.2) is 0 Å². The Hall–Kier alpha value is -1.12. The Bertz CT molecular complexity index is 356. The zero-order valence-corrected chi connectivity index (χ0v) is 13.4. The molecule has 0 atom stereocenters. The summed E-state index contributed by atoms with van der Waals surface area (Å²) in [6.45, 7) is 4.14. The summed E-state index contributed by atoms with van der Waals surface area (Å²) < 4.78 is 0. The fourth-order valence-electron chi connectivity index (χ4n) is 2.96. The Kier molecular flexibility index (Phi) is 7.13. The van der Waals surface area contributed by atoms with E-state index in [-0.39, 0.29) is 19.1 Å². The Morgan fingerprint density at radius 2 is 1.81 bits per heavy atom. The Balaban J connectivity index is 2.57. The van der Waals surface area contributed by atoms with E-state index >= 15 is 0 Å². The lowest BCUT2D eigenvalue weighted by atomic mass is 9.91. The van der Waals surface area contributed by atoms with Gasteiger partial charge in [-0.3, -0.25) is 4.79 Å². The van der Waals surface area contributed by atoms with Gasteiger partial charge in [-0.25, -0.2) is 0 Å². The molecule has 0 aliphatic heterocycles. The minimum absolute atomic E-state index is 0.0106. The summed E-state index contributed by atoms with van der Waals surface area (Å²) in [4.78, 5) is 12.2. The van der Waals surface area contributed by atoms with Crippen molar-refractivity contribution >= 4 is 5.91 Å². The van der Waals surface area contributed by atoms with E-state index in [1.807, 2.05) is 13.8 Å². The fraction of sp³-hybridized carbons (Fsp3) is 0.875. The molecule has 1 aliphatic rings. The molecule has 0 aromatic carbocycles. The smallest absolute Gasteiger partial charge is 0.235 e. The SMILES string of the molecule is CCC(CC)(CO)NCC(=O)NC1(C#N)CCCCCC1. The number of hydrogen-bond acceptors (Lipinski definition) is 4. The van der Waals surface area contributed by atoms with E-state index in [4.69, 9.17) is 0 Å². The van der Waals surface area contributed by atoms with E-state index in [0.717, 1.165) is 51.4 Å². The van der Waals surface area contributed by atoms with Crippen LogP contribution in [0.3, 0.4) is 0 Å². The van der Waals surface area contributed by atoms with Crippen LogP contribution in [-0.4, -0.2) is 35.2 Å². The molecule has 5 nitrogen and oxygen atoms in total. The number of carbonyl (C=O) groups excluding carboxylic acids is 1. The molecule has 120 valence electrons. The molecule has 0 unspecified atom stereocenters. The summed E-state index contributed by atoms with van der Waals surface area (Å²) >= 11 is 0. The van der Waals surface area contributed by atoms with Gasteiger partial charge in [-0.05, 0) is 25.7 Å². The molecular formula is C16H29N3O2. The molecule has 0 aromatic rings. The lowest BCUT2D eigenvalue weighted by molar-refractivity contribution is -0.122. The Morgan fingerprint density at radius 3 is 2.24 bits per heavy atom. The van der Waals surface area contributed by atoms with Gasteiger partial charge in [0.1, 0.15) is 5.54 Å². The number of aliphatic hydroxyl groups excluding tert-OH is 1. The van der Waals surface area contributed by atoms with Crippen molar-refractivity contribution in [1.82, 2.24) is 10.6 Å². The highest BCUT2D eigenvalue weighted by molar-refractivity contribution is 5.79. The molecule has 1 amide bonds. The molecule has 0 aromatic heterocycles. The van der Waals surface area contributed by atoms with E-state index in [9.17, 15) is 15.2 Å². The van der Waals surface area contributed by atoms with Crippen LogP contribution in [0.15, 0.2) is 0 Å². The number of rotatable bonds is 7. The van der Waals surface area contributed by atoms with Crippen LogP contribution in [0.1, 0.15) is 65.2 Å². The predicted octanol–water partition coefficient (Wildman–Crippen LogP) is 1.86. The van der Waals surface area contributed by atoms with Crippen LogP contribution >= 0.6 is 0 Å². The van der Waals surface area contributed by atoms with Crippen LogP contribution in [0.4, 0.5) is 0 Å². The lowest BCUT2D eigenvalue weighted by Gasteiger charge is -2.32. The second kappa shape index (κ2) is 8.35. The predicted molar refractivity (Wildman–Crippen MR) is 82.6 cm³/mol. The van der Waals surface area contributed by atoms with Crippen molar-refractivity contribution in [2.45, 2.75) is 76.3 Å². The van der Waals surface area contributed by atoms with E-state index in [1.165, 1.54) is 0 Å². The molecule has 0 bridgehead atoms. The molecule has 0 radical (unpaired) electrons. The summed E-state index contributed by atoms with van der Waals surface area (Å²) in [5, 5.41) is 25.0. The third-order valence-corrected chi connectivity index (χ3v) is 4.83. The molecule has 1 fully saturated rings. The van der Waals surface area contributed by atoms with Crippen molar-refractivity contribution in [2.24, 2.45) is 0 Å². The van der Waals surface area contributed by atoms with Crippen LogP contribution in [-0.2, 0) is 4.79 Å². The van der Waals surface area contributed by atoms with Crippen LogP contribution in [0.25, 0.3) is 0 Å². The van der Waals surface area contributed by atoms with Crippen molar-refractivity contribution in [2.75, 3.05) is 13.2 Å². The van der Waals surface area contributed by atoms with Gasteiger partial charge >= 0.3 is 0 Å². The zero-order chi connectivity index (χ0) is 15.8. The number of nitrogens with zero attached hydrogens (tertiary/aromatic N) is 1. The summed E-state index contributed by atoms with van der Waals surface area (Å²) in [5.41, 5.74) is -1.10. The molecule has 0 heterocycles. The first-order valence-corrected chi connectivity index (χ1v) is 8.13. The Labute approximate surface area is 128 Å². The quantitative estimate of drug-likeness (QED) is 0.626. The molecule has 3 N–H and O–H groups in total. The zero-order valence-electron chi connectivity index (χ0n) is 13.4. The molecule has 1 rings (SSSR count). The van der Waals surface area contributed by atoms with Gasteiger partial charge in [-0.1, -0.05) is 39.5 Å². The minimum atomic E-state index is -0.699. The van der Waals surface area contributed by atoms with Gasteiger partial charge in [0.05, 0.1) is 19.2 Å². The van der Waals surface area contributed by atoms with E-state index in [1.54, 1.807) is 0 Å². The van der Waals surface area contributed by atoms with Gasteiger partial charge in [0.25, 0.3) is 0 Å². The number of carbonyl (C=O) groups is 1. The van der Waals surface area contributed by atoms with Gasteiger partial charge in [0, 0.05) is 5.54 Å². The van der Waals surface area contributed by atoms with Crippen molar-refractivity contribution < 1.29 is 9.90 Å². The van der Waals surface area contributed by atoms with Crippen LogP contribution in [0, 0.1) is 11.3 Å². The molecule has 1 saturated carbocycles. The highest BCUT2D eigenvalue weighted by Gasteiger charge is 2.33. The summed E-state index contributed by atoms with van der Waals surface area (Å²) in [7, 11) is 0. The second-order valence-electron chi connectivity index (χ2n) is 6.16. The summed E-state index contributed by atoms with van der Waals surface area (Å²) in [5.74, 6) is -0.154. The molecule has 5 heteroatoms. The topological polar surface area (TPSA) is 85.2 Å². The maximum absolute atomic E-state index is 12.2. The summed E-state index contributed by atoms with van der Waals surface area (Å²) in [6, 6.07) is 2.32. The van der Waals surface area contributed by atoms with Crippen LogP contribution in [0.2, 0.25) is 0 Å².